The van der Waals surface area contributed by atoms with Gasteiger partial charge in [-0.15, -0.1) is 0 Å². The smallest absolute Gasteiger partial charge is 0.253 e. The highest BCUT2D eigenvalue weighted by Gasteiger charge is 2.16. The van der Waals surface area contributed by atoms with Gasteiger partial charge in [-0.05, 0) is 31.9 Å². The Hall–Kier alpha value is -1.13. The van der Waals surface area contributed by atoms with Crippen molar-refractivity contribution in [3.05, 3.63) is 28.5 Å². The summed E-state index contributed by atoms with van der Waals surface area (Å²) in [5.41, 5.74) is 1.10. The average molecular weight is 257 g/mol. The molecule has 2 N–H and O–H groups in total. The van der Waals surface area contributed by atoms with Crippen molar-refractivity contribution in [2.75, 3.05) is 6.61 Å². The molecule has 2 unspecified atom stereocenters. The van der Waals surface area contributed by atoms with E-state index in [0.717, 1.165) is 0 Å². The second kappa shape index (κ2) is 5.98. The standard InChI is InChI=1S/C12H17ClN2O2/c1-7(6-16)8(2)15-12(17)10-4-5-11(13)14-9(10)3/h4-5,7-8,16H,6H2,1-3H3,(H,15,17). The zero-order chi connectivity index (χ0) is 13.0. The molecule has 1 heterocycles. The number of rotatable bonds is 4. The molecule has 17 heavy (non-hydrogen) atoms. The van der Waals surface area contributed by atoms with E-state index in [0.29, 0.717) is 16.4 Å². The number of hydrogen-bond donors (Lipinski definition) is 2. The monoisotopic (exact) mass is 256 g/mol. The van der Waals surface area contributed by atoms with Crippen molar-refractivity contribution in [2.24, 2.45) is 5.92 Å². The molecule has 1 amide bonds. The van der Waals surface area contributed by atoms with Crippen LogP contribution in [0.15, 0.2) is 12.1 Å². The maximum absolute atomic E-state index is 11.9. The average Bonchev–Trinajstić information content (AvgIpc) is 2.27. The van der Waals surface area contributed by atoms with Gasteiger partial charge in [-0.2, -0.15) is 0 Å². The minimum absolute atomic E-state index is 0.0134. The molecule has 5 heteroatoms. The lowest BCUT2D eigenvalue weighted by Gasteiger charge is -2.19. The molecule has 1 aromatic rings. The molecule has 0 radical (unpaired) electrons. The Morgan fingerprint density at radius 1 is 1.53 bits per heavy atom. The molecule has 0 aliphatic heterocycles. The van der Waals surface area contributed by atoms with Gasteiger partial charge in [0.15, 0.2) is 0 Å². The Balaban J connectivity index is 2.76. The first-order valence-electron chi connectivity index (χ1n) is 5.50. The molecule has 0 aliphatic rings. The molecule has 0 aliphatic carbocycles. The molecule has 4 nitrogen and oxygen atoms in total. The summed E-state index contributed by atoms with van der Waals surface area (Å²) in [5.74, 6) is -0.181. The third kappa shape index (κ3) is 3.68. The Labute approximate surface area is 106 Å². The number of nitrogens with zero attached hydrogens (tertiary/aromatic N) is 1. The number of nitrogens with one attached hydrogen (secondary N) is 1. The van der Waals surface area contributed by atoms with Crippen molar-refractivity contribution in [1.82, 2.24) is 10.3 Å². The lowest BCUT2D eigenvalue weighted by molar-refractivity contribution is 0.0915. The van der Waals surface area contributed by atoms with Gasteiger partial charge in [-0.1, -0.05) is 18.5 Å². The van der Waals surface area contributed by atoms with E-state index in [4.69, 9.17) is 16.7 Å². The number of carbonyl (C=O) groups is 1. The molecule has 94 valence electrons. The molecule has 0 fully saturated rings. The van der Waals surface area contributed by atoms with E-state index in [1.165, 1.54) is 0 Å². The van der Waals surface area contributed by atoms with Gasteiger partial charge in [0, 0.05) is 12.6 Å². The zero-order valence-electron chi connectivity index (χ0n) is 10.2. The predicted octanol–water partition coefficient (Wildman–Crippen LogP) is 1.79. The lowest BCUT2D eigenvalue weighted by Crippen LogP contribution is -2.38. The van der Waals surface area contributed by atoms with Crippen LogP contribution < -0.4 is 5.32 Å². The van der Waals surface area contributed by atoms with Crippen LogP contribution in [0.3, 0.4) is 0 Å². The predicted molar refractivity (Wildman–Crippen MR) is 67.2 cm³/mol. The van der Waals surface area contributed by atoms with E-state index in [2.05, 4.69) is 10.3 Å². The summed E-state index contributed by atoms with van der Waals surface area (Å²) in [7, 11) is 0. The van der Waals surface area contributed by atoms with Crippen LogP contribution in [0, 0.1) is 12.8 Å². The van der Waals surface area contributed by atoms with Crippen molar-refractivity contribution < 1.29 is 9.90 Å². The topological polar surface area (TPSA) is 62.2 Å². The van der Waals surface area contributed by atoms with Gasteiger partial charge in [0.1, 0.15) is 5.15 Å². The van der Waals surface area contributed by atoms with Crippen molar-refractivity contribution in [3.63, 3.8) is 0 Å². The van der Waals surface area contributed by atoms with Gasteiger partial charge in [-0.3, -0.25) is 4.79 Å². The summed E-state index contributed by atoms with van der Waals surface area (Å²) < 4.78 is 0. The van der Waals surface area contributed by atoms with E-state index >= 15 is 0 Å². The summed E-state index contributed by atoms with van der Waals surface area (Å²) in [5, 5.41) is 12.2. The first kappa shape index (κ1) is 13.9. The largest absolute Gasteiger partial charge is 0.396 e. The molecule has 0 bridgehead atoms. The first-order valence-corrected chi connectivity index (χ1v) is 5.88. The Bertz CT molecular complexity index is 409. The molecular formula is C12H17ClN2O2. The number of aryl methyl sites for hydroxylation is 1. The maximum Gasteiger partial charge on any atom is 0.253 e. The van der Waals surface area contributed by atoms with Gasteiger partial charge in [0.05, 0.1) is 11.3 Å². The maximum atomic E-state index is 11.9. The van der Waals surface area contributed by atoms with Gasteiger partial charge in [-0.25, -0.2) is 4.98 Å². The van der Waals surface area contributed by atoms with Crippen LogP contribution in [-0.4, -0.2) is 28.6 Å². The number of aliphatic hydroxyl groups excluding tert-OH is 1. The Kier molecular flexibility index (Phi) is 4.90. The molecule has 2 atom stereocenters. The van der Waals surface area contributed by atoms with E-state index in [1.807, 2.05) is 13.8 Å². The van der Waals surface area contributed by atoms with E-state index in [9.17, 15) is 4.79 Å². The third-order valence-corrected chi connectivity index (χ3v) is 3.01. The highest BCUT2D eigenvalue weighted by Crippen LogP contribution is 2.11. The Morgan fingerprint density at radius 2 is 2.18 bits per heavy atom. The van der Waals surface area contributed by atoms with Crippen LogP contribution in [0.4, 0.5) is 0 Å². The van der Waals surface area contributed by atoms with Crippen molar-refractivity contribution in [3.8, 4) is 0 Å². The van der Waals surface area contributed by atoms with Gasteiger partial charge in [0.25, 0.3) is 5.91 Å². The molecular weight excluding hydrogens is 240 g/mol. The van der Waals surface area contributed by atoms with E-state index in [-0.39, 0.29) is 24.5 Å². The highest BCUT2D eigenvalue weighted by atomic mass is 35.5. The Morgan fingerprint density at radius 3 is 2.71 bits per heavy atom. The van der Waals surface area contributed by atoms with Crippen LogP contribution in [0.25, 0.3) is 0 Å². The fourth-order valence-electron chi connectivity index (χ4n) is 1.36. The lowest BCUT2D eigenvalue weighted by atomic mass is 10.0. The fraction of sp³-hybridized carbons (Fsp3) is 0.500. The van der Waals surface area contributed by atoms with Crippen molar-refractivity contribution in [2.45, 2.75) is 26.8 Å². The van der Waals surface area contributed by atoms with Crippen LogP contribution in [0.5, 0.6) is 0 Å². The van der Waals surface area contributed by atoms with Crippen molar-refractivity contribution in [1.29, 1.82) is 0 Å². The van der Waals surface area contributed by atoms with Crippen LogP contribution in [0.2, 0.25) is 5.15 Å². The summed E-state index contributed by atoms with van der Waals surface area (Å²) in [6.45, 7) is 5.51. The summed E-state index contributed by atoms with van der Waals surface area (Å²) in [6.07, 6.45) is 0. The number of aliphatic hydroxyl groups is 1. The van der Waals surface area contributed by atoms with Gasteiger partial charge >= 0.3 is 0 Å². The quantitative estimate of drug-likeness (QED) is 0.808. The normalized spacial score (nSPS) is 14.2. The number of aromatic nitrogens is 1. The number of carbonyl (C=O) groups excluding carboxylic acids is 1. The summed E-state index contributed by atoms with van der Waals surface area (Å²) >= 11 is 5.72. The highest BCUT2D eigenvalue weighted by molar-refractivity contribution is 6.29. The molecule has 0 saturated carbocycles. The first-order chi connectivity index (χ1) is 7.95. The molecule has 0 spiro atoms. The minimum Gasteiger partial charge on any atom is -0.396 e. The zero-order valence-corrected chi connectivity index (χ0v) is 11.0. The molecule has 1 aromatic heterocycles. The van der Waals surface area contributed by atoms with Crippen LogP contribution in [0.1, 0.15) is 29.9 Å². The SMILES string of the molecule is Cc1nc(Cl)ccc1C(=O)NC(C)C(C)CO. The summed E-state index contributed by atoms with van der Waals surface area (Å²) in [4.78, 5) is 16.0. The van der Waals surface area contributed by atoms with Gasteiger partial charge < -0.3 is 10.4 Å². The molecule has 0 aromatic carbocycles. The number of hydrogen-bond acceptors (Lipinski definition) is 3. The molecule has 1 rings (SSSR count). The van der Waals surface area contributed by atoms with Crippen LogP contribution in [-0.2, 0) is 0 Å². The number of halogens is 1. The van der Waals surface area contributed by atoms with Crippen LogP contribution >= 0.6 is 11.6 Å². The number of amides is 1. The second-order valence-corrected chi connectivity index (χ2v) is 4.58. The summed E-state index contributed by atoms with van der Waals surface area (Å²) in [6, 6.07) is 3.14. The van der Waals surface area contributed by atoms with E-state index in [1.54, 1.807) is 19.1 Å². The van der Waals surface area contributed by atoms with Gasteiger partial charge in [0.2, 0.25) is 0 Å². The third-order valence-electron chi connectivity index (χ3n) is 2.80. The van der Waals surface area contributed by atoms with Crippen molar-refractivity contribution >= 4 is 17.5 Å². The van der Waals surface area contributed by atoms with E-state index < -0.39 is 0 Å². The fourth-order valence-corrected chi connectivity index (χ4v) is 1.55. The second-order valence-electron chi connectivity index (χ2n) is 4.19. The minimum atomic E-state index is -0.195. The molecule has 0 saturated heterocycles. The number of pyridine rings is 1.